The number of nitriles is 1. The first-order chi connectivity index (χ1) is 13.6. The summed E-state index contributed by atoms with van der Waals surface area (Å²) in [7, 11) is 3.80. The third kappa shape index (κ3) is 3.74. The standard InChI is InChI=1S/C25H24N2O/c1-27(2)25(19-26,22-16-10-5-11-17-22)23(20-12-6-3-7-13-20)18-24(28)21-14-8-4-9-15-21/h3-17,23H,18H2,1-2H3. The summed E-state index contributed by atoms with van der Waals surface area (Å²) in [6.45, 7) is 0. The highest BCUT2D eigenvalue weighted by Gasteiger charge is 2.44. The zero-order valence-corrected chi connectivity index (χ0v) is 16.2. The van der Waals surface area contributed by atoms with E-state index in [9.17, 15) is 10.1 Å². The molecule has 3 rings (SSSR count). The Morgan fingerprint density at radius 3 is 1.89 bits per heavy atom. The van der Waals surface area contributed by atoms with Crippen LogP contribution in [0.2, 0.25) is 0 Å². The first kappa shape index (κ1) is 19.5. The third-order valence-electron chi connectivity index (χ3n) is 5.28. The SMILES string of the molecule is CN(C)C(C#N)(c1ccccc1)C(CC(=O)c1ccccc1)c1ccccc1. The van der Waals surface area contributed by atoms with Crippen LogP contribution in [0.25, 0.3) is 0 Å². The van der Waals surface area contributed by atoms with Crippen molar-refractivity contribution in [2.75, 3.05) is 14.1 Å². The Bertz CT molecular complexity index is 946. The Balaban J connectivity index is 2.14. The van der Waals surface area contributed by atoms with E-state index in [1.807, 2.05) is 110 Å². The second kappa shape index (κ2) is 8.65. The lowest BCUT2D eigenvalue weighted by atomic mass is 9.71. The van der Waals surface area contributed by atoms with Crippen molar-refractivity contribution in [2.24, 2.45) is 0 Å². The van der Waals surface area contributed by atoms with Gasteiger partial charge >= 0.3 is 0 Å². The van der Waals surface area contributed by atoms with Crippen molar-refractivity contribution in [3.8, 4) is 6.07 Å². The number of rotatable bonds is 7. The molecule has 0 aliphatic heterocycles. The minimum Gasteiger partial charge on any atom is -0.294 e. The molecule has 0 amide bonds. The summed E-state index contributed by atoms with van der Waals surface area (Å²) in [5.41, 5.74) is 1.57. The fourth-order valence-corrected chi connectivity index (χ4v) is 3.83. The lowest BCUT2D eigenvalue weighted by Crippen LogP contribution is -2.46. The van der Waals surface area contributed by atoms with Gasteiger partial charge in [0.1, 0.15) is 5.54 Å². The van der Waals surface area contributed by atoms with Crippen molar-refractivity contribution in [1.29, 1.82) is 5.26 Å². The third-order valence-corrected chi connectivity index (χ3v) is 5.28. The molecule has 0 aromatic heterocycles. The summed E-state index contributed by atoms with van der Waals surface area (Å²) >= 11 is 0. The molecular weight excluding hydrogens is 344 g/mol. The summed E-state index contributed by atoms with van der Waals surface area (Å²) in [5.74, 6) is -0.282. The van der Waals surface area contributed by atoms with Gasteiger partial charge in [0.15, 0.2) is 5.78 Å². The average molecular weight is 368 g/mol. The molecule has 0 saturated heterocycles. The van der Waals surface area contributed by atoms with Gasteiger partial charge in [-0.05, 0) is 25.2 Å². The Kier molecular flexibility index (Phi) is 6.03. The number of nitrogens with zero attached hydrogens (tertiary/aromatic N) is 2. The van der Waals surface area contributed by atoms with Crippen molar-refractivity contribution in [3.05, 3.63) is 108 Å². The van der Waals surface area contributed by atoms with Gasteiger partial charge in [-0.3, -0.25) is 9.69 Å². The predicted molar refractivity (Wildman–Crippen MR) is 112 cm³/mol. The van der Waals surface area contributed by atoms with Crippen LogP contribution in [0.4, 0.5) is 0 Å². The molecule has 3 aromatic carbocycles. The highest BCUT2D eigenvalue weighted by molar-refractivity contribution is 5.96. The Hall–Kier alpha value is -3.22. The summed E-state index contributed by atoms with van der Waals surface area (Å²) in [6, 6.07) is 31.5. The molecule has 0 aliphatic carbocycles. The smallest absolute Gasteiger partial charge is 0.163 e. The number of ketones is 1. The quantitative estimate of drug-likeness (QED) is 0.550. The molecule has 2 atom stereocenters. The van der Waals surface area contributed by atoms with E-state index in [1.54, 1.807) is 0 Å². The monoisotopic (exact) mass is 368 g/mol. The predicted octanol–water partition coefficient (Wildman–Crippen LogP) is 5.02. The molecule has 0 aliphatic rings. The van der Waals surface area contributed by atoms with Crippen LogP contribution in [-0.4, -0.2) is 24.8 Å². The van der Waals surface area contributed by atoms with E-state index in [0.29, 0.717) is 5.56 Å². The van der Waals surface area contributed by atoms with Gasteiger partial charge < -0.3 is 0 Å². The fourth-order valence-electron chi connectivity index (χ4n) is 3.83. The number of likely N-dealkylation sites (N-methyl/N-ethyl adjacent to an activating group) is 1. The fraction of sp³-hybridized carbons (Fsp3) is 0.200. The molecule has 0 radical (unpaired) electrons. The van der Waals surface area contributed by atoms with E-state index in [-0.39, 0.29) is 18.1 Å². The number of Topliss-reactive ketones (excluding diaryl/α,β-unsaturated/α-hetero) is 1. The van der Waals surface area contributed by atoms with E-state index in [2.05, 4.69) is 6.07 Å². The largest absolute Gasteiger partial charge is 0.294 e. The molecule has 3 heteroatoms. The van der Waals surface area contributed by atoms with Crippen LogP contribution in [0.15, 0.2) is 91.0 Å². The van der Waals surface area contributed by atoms with Crippen LogP contribution in [0.1, 0.15) is 33.8 Å². The number of carbonyl (C=O) groups excluding carboxylic acids is 1. The highest BCUT2D eigenvalue weighted by Crippen LogP contribution is 2.43. The van der Waals surface area contributed by atoms with E-state index in [4.69, 9.17) is 0 Å². The van der Waals surface area contributed by atoms with Crippen LogP contribution in [0.5, 0.6) is 0 Å². The Morgan fingerprint density at radius 1 is 0.893 bits per heavy atom. The van der Waals surface area contributed by atoms with E-state index in [0.717, 1.165) is 11.1 Å². The molecule has 0 saturated carbocycles. The van der Waals surface area contributed by atoms with Crippen molar-refractivity contribution in [1.82, 2.24) is 4.90 Å². The zero-order chi connectivity index (χ0) is 20.0. The van der Waals surface area contributed by atoms with Gasteiger partial charge in [-0.1, -0.05) is 91.0 Å². The molecule has 0 fully saturated rings. The number of hydrogen-bond donors (Lipinski definition) is 0. The van der Waals surface area contributed by atoms with Crippen LogP contribution in [-0.2, 0) is 5.54 Å². The van der Waals surface area contributed by atoms with Crippen LogP contribution in [0, 0.1) is 11.3 Å². The summed E-state index contributed by atoms with van der Waals surface area (Å²) < 4.78 is 0. The molecule has 0 bridgehead atoms. The maximum atomic E-state index is 13.1. The van der Waals surface area contributed by atoms with Gasteiger partial charge in [-0.2, -0.15) is 5.26 Å². The first-order valence-electron chi connectivity index (χ1n) is 9.37. The summed E-state index contributed by atoms with van der Waals surface area (Å²) in [4.78, 5) is 15.0. The van der Waals surface area contributed by atoms with Crippen LogP contribution >= 0.6 is 0 Å². The second-order valence-corrected chi connectivity index (χ2v) is 7.10. The van der Waals surface area contributed by atoms with Gasteiger partial charge in [0.05, 0.1) is 6.07 Å². The molecule has 2 unspecified atom stereocenters. The molecule has 28 heavy (non-hydrogen) atoms. The van der Waals surface area contributed by atoms with Gasteiger partial charge in [-0.25, -0.2) is 0 Å². The van der Waals surface area contributed by atoms with E-state index >= 15 is 0 Å². The maximum absolute atomic E-state index is 13.1. The summed E-state index contributed by atoms with van der Waals surface area (Å²) in [6.07, 6.45) is 0.245. The average Bonchev–Trinajstić information content (AvgIpc) is 2.75. The zero-order valence-electron chi connectivity index (χ0n) is 16.2. The minimum absolute atomic E-state index is 0.0341. The van der Waals surface area contributed by atoms with Crippen LogP contribution in [0.3, 0.4) is 0 Å². The first-order valence-corrected chi connectivity index (χ1v) is 9.37. The molecule has 0 spiro atoms. The molecule has 0 heterocycles. The second-order valence-electron chi connectivity index (χ2n) is 7.10. The van der Waals surface area contributed by atoms with Crippen molar-refractivity contribution < 1.29 is 4.79 Å². The van der Waals surface area contributed by atoms with Crippen molar-refractivity contribution >= 4 is 5.78 Å². The minimum atomic E-state index is -0.965. The maximum Gasteiger partial charge on any atom is 0.163 e. The summed E-state index contributed by atoms with van der Waals surface area (Å²) in [5, 5.41) is 10.4. The molecule has 3 aromatic rings. The molecule has 3 nitrogen and oxygen atoms in total. The number of carbonyl (C=O) groups is 1. The van der Waals surface area contributed by atoms with Gasteiger partial charge in [0, 0.05) is 17.9 Å². The molecule has 0 N–H and O–H groups in total. The lowest BCUT2D eigenvalue weighted by molar-refractivity contribution is 0.0926. The topological polar surface area (TPSA) is 44.1 Å². The van der Waals surface area contributed by atoms with Crippen molar-refractivity contribution in [3.63, 3.8) is 0 Å². The number of hydrogen-bond acceptors (Lipinski definition) is 3. The molecule has 140 valence electrons. The highest BCUT2D eigenvalue weighted by atomic mass is 16.1. The van der Waals surface area contributed by atoms with E-state index < -0.39 is 5.54 Å². The Morgan fingerprint density at radius 2 is 1.39 bits per heavy atom. The van der Waals surface area contributed by atoms with Crippen LogP contribution < -0.4 is 0 Å². The lowest BCUT2D eigenvalue weighted by Gasteiger charge is -2.41. The van der Waals surface area contributed by atoms with E-state index in [1.165, 1.54) is 0 Å². The van der Waals surface area contributed by atoms with Crippen molar-refractivity contribution in [2.45, 2.75) is 17.9 Å². The number of benzene rings is 3. The van der Waals surface area contributed by atoms with Gasteiger partial charge in [-0.15, -0.1) is 0 Å². The Labute approximate surface area is 166 Å². The van der Waals surface area contributed by atoms with Gasteiger partial charge in [0.2, 0.25) is 0 Å². The molecular formula is C25H24N2O. The normalized spacial score (nSPS) is 14.1. The van der Waals surface area contributed by atoms with Gasteiger partial charge in [0.25, 0.3) is 0 Å².